The van der Waals surface area contributed by atoms with Crippen LogP contribution in [0.2, 0.25) is 0 Å². The van der Waals surface area contributed by atoms with E-state index in [1.807, 2.05) is 25.1 Å². The maximum Gasteiger partial charge on any atom is 0.243 e. The van der Waals surface area contributed by atoms with Gasteiger partial charge in [-0.1, -0.05) is 49.4 Å². The van der Waals surface area contributed by atoms with Crippen LogP contribution in [-0.2, 0) is 17.8 Å². The van der Waals surface area contributed by atoms with Crippen LogP contribution in [0.4, 0.5) is 0 Å². The van der Waals surface area contributed by atoms with Gasteiger partial charge in [0, 0.05) is 29.6 Å². The van der Waals surface area contributed by atoms with Crippen LogP contribution < -0.4 is 0 Å². The standard InChI is InChI=1S/C28H34N4O/c1-19-29-21-12-7-8-13-22(21)31(19)18-27(33)32-24-17-28(2)25(14-9-15-26(28)32)30(3)23(24)16-20-10-5-4-6-11-20/h4-8,10-13,23-26H,9,14-18H2,1-3H3/t23-,24-,25+,26-,28+/m0/s1. The Morgan fingerprint density at radius 2 is 1.79 bits per heavy atom. The molecule has 5 nitrogen and oxygen atoms in total. The van der Waals surface area contributed by atoms with Crippen LogP contribution in [-0.4, -0.2) is 56.5 Å². The monoisotopic (exact) mass is 442 g/mol. The van der Waals surface area contributed by atoms with Gasteiger partial charge in [-0.25, -0.2) is 4.98 Å². The summed E-state index contributed by atoms with van der Waals surface area (Å²) in [6.45, 7) is 4.84. The van der Waals surface area contributed by atoms with E-state index >= 15 is 0 Å². The summed E-state index contributed by atoms with van der Waals surface area (Å²) in [5, 5.41) is 0. The number of amides is 1. The first-order valence-corrected chi connectivity index (χ1v) is 12.5. The molecule has 0 unspecified atom stereocenters. The van der Waals surface area contributed by atoms with Crippen molar-refractivity contribution in [1.82, 2.24) is 19.4 Å². The Morgan fingerprint density at radius 3 is 2.61 bits per heavy atom. The lowest BCUT2D eigenvalue weighted by atomic mass is 9.64. The Kier molecular flexibility index (Phi) is 4.88. The molecule has 5 heteroatoms. The van der Waals surface area contributed by atoms with E-state index in [0.717, 1.165) is 36.1 Å². The fraction of sp³-hybridized carbons (Fsp3) is 0.500. The van der Waals surface area contributed by atoms with Crippen molar-refractivity contribution >= 4 is 16.9 Å². The van der Waals surface area contributed by atoms with Gasteiger partial charge in [-0.05, 0) is 63.8 Å². The van der Waals surface area contributed by atoms with Gasteiger partial charge in [-0.15, -0.1) is 0 Å². The van der Waals surface area contributed by atoms with E-state index in [0.29, 0.717) is 24.7 Å². The minimum absolute atomic E-state index is 0.187. The molecule has 1 saturated carbocycles. The molecule has 2 aliphatic heterocycles. The Hall–Kier alpha value is -2.66. The molecule has 2 saturated heterocycles. The first-order chi connectivity index (χ1) is 16.0. The van der Waals surface area contributed by atoms with Crippen LogP contribution >= 0.6 is 0 Å². The third-order valence-electron chi connectivity index (χ3n) is 8.99. The molecule has 3 fully saturated rings. The number of carbonyl (C=O) groups is 1. The van der Waals surface area contributed by atoms with Gasteiger partial charge in [-0.2, -0.15) is 0 Å². The smallest absolute Gasteiger partial charge is 0.243 e. The Labute approximate surface area is 196 Å². The molecule has 0 spiro atoms. The Morgan fingerprint density at radius 1 is 1.06 bits per heavy atom. The lowest BCUT2D eigenvalue weighted by molar-refractivity contribution is -0.136. The quantitative estimate of drug-likeness (QED) is 0.600. The summed E-state index contributed by atoms with van der Waals surface area (Å²) in [5.41, 5.74) is 3.57. The molecule has 2 bridgehead atoms. The van der Waals surface area contributed by atoms with Crippen LogP contribution in [0.25, 0.3) is 11.0 Å². The molecule has 33 heavy (non-hydrogen) atoms. The number of imidazole rings is 1. The zero-order valence-corrected chi connectivity index (χ0v) is 19.9. The van der Waals surface area contributed by atoms with Crippen molar-refractivity contribution in [3.63, 3.8) is 0 Å². The van der Waals surface area contributed by atoms with Crippen molar-refractivity contribution in [3.8, 4) is 0 Å². The molecule has 3 aromatic rings. The van der Waals surface area contributed by atoms with Crippen LogP contribution in [0.15, 0.2) is 54.6 Å². The number of carbonyl (C=O) groups excluding carboxylic acids is 1. The SMILES string of the molecule is Cc1nc2ccccc2n1CC(=O)N1[C@H]2CCC[C@H]3N(C)[C@@H](Cc4ccccc4)[C@@H]1C[C@@]23C. The average Bonchev–Trinajstić information content (AvgIpc) is 3.30. The molecule has 0 N–H and O–H groups in total. The highest BCUT2D eigenvalue weighted by Crippen LogP contribution is 2.56. The second-order valence-electron chi connectivity index (χ2n) is 10.7. The van der Waals surface area contributed by atoms with Gasteiger partial charge in [0.1, 0.15) is 12.4 Å². The summed E-state index contributed by atoms with van der Waals surface area (Å²) in [4.78, 5) is 23.7. The second-order valence-corrected chi connectivity index (χ2v) is 10.7. The molecule has 0 radical (unpaired) electrons. The number of aromatic nitrogens is 2. The van der Waals surface area contributed by atoms with E-state index in [1.165, 1.54) is 18.4 Å². The summed E-state index contributed by atoms with van der Waals surface area (Å²) >= 11 is 0. The highest BCUT2D eigenvalue weighted by molar-refractivity contribution is 5.82. The highest BCUT2D eigenvalue weighted by atomic mass is 16.2. The summed E-state index contributed by atoms with van der Waals surface area (Å²) in [7, 11) is 2.31. The number of nitrogens with zero attached hydrogens (tertiary/aromatic N) is 4. The van der Waals surface area contributed by atoms with Crippen molar-refractivity contribution in [3.05, 3.63) is 66.0 Å². The molecule has 6 rings (SSSR count). The number of likely N-dealkylation sites (N-methyl/N-ethyl adjacent to an activating group) is 1. The van der Waals surface area contributed by atoms with Crippen molar-refractivity contribution < 1.29 is 4.79 Å². The average molecular weight is 443 g/mol. The van der Waals surface area contributed by atoms with Gasteiger partial charge >= 0.3 is 0 Å². The number of piperidine rings is 1. The van der Waals surface area contributed by atoms with E-state index in [-0.39, 0.29) is 17.4 Å². The summed E-state index contributed by atoms with van der Waals surface area (Å²) in [6.07, 6.45) is 5.70. The molecule has 1 aliphatic carbocycles. The largest absolute Gasteiger partial charge is 0.333 e. The molecule has 5 atom stereocenters. The molecular formula is C28H34N4O. The topological polar surface area (TPSA) is 41.4 Å². The van der Waals surface area contributed by atoms with Crippen molar-refractivity contribution in [2.45, 2.75) is 76.7 Å². The van der Waals surface area contributed by atoms with Gasteiger partial charge in [0.2, 0.25) is 5.91 Å². The van der Waals surface area contributed by atoms with Crippen molar-refractivity contribution in [1.29, 1.82) is 0 Å². The third-order valence-corrected chi connectivity index (χ3v) is 8.99. The number of para-hydroxylation sites is 2. The molecule has 1 amide bonds. The Bertz CT molecular complexity index is 1190. The van der Waals surface area contributed by atoms with Gasteiger partial charge < -0.3 is 9.47 Å². The van der Waals surface area contributed by atoms with E-state index < -0.39 is 0 Å². The van der Waals surface area contributed by atoms with Crippen LogP contribution in [0.3, 0.4) is 0 Å². The Balaban J connectivity index is 1.36. The number of hydrogen-bond acceptors (Lipinski definition) is 3. The van der Waals surface area contributed by atoms with Gasteiger partial charge in [0.15, 0.2) is 0 Å². The number of rotatable bonds is 4. The third kappa shape index (κ3) is 3.16. The molecular weight excluding hydrogens is 408 g/mol. The van der Waals surface area contributed by atoms with Crippen LogP contribution in [0.1, 0.15) is 44.0 Å². The van der Waals surface area contributed by atoms with Crippen molar-refractivity contribution in [2.24, 2.45) is 5.41 Å². The fourth-order valence-corrected chi connectivity index (χ4v) is 7.49. The van der Waals surface area contributed by atoms with E-state index in [1.54, 1.807) is 0 Å². The second kappa shape index (κ2) is 7.69. The summed E-state index contributed by atoms with van der Waals surface area (Å²) in [5.74, 6) is 1.17. The molecule has 3 heterocycles. The van der Waals surface area contributed by atoms with Gasteiger partial charge in [0.05, 0.1) is 11.0 Å². The molecule has 2 aromatic carbocycles. The zero-order chi connectivity index (χ0) is 22.7. The predicted octanol–water partition coefficient (Wildman–Crippen LogP) is 4.43. The number of likely N-dealkylation sites (tertiary alicyclic amines) is 2. The number of hydrogen-bond donors (Lipinski definition) is 0. The van der Waals surface area contributed by atoms with E-state index in [9.17, 15) is 4.79 Å². The normalized spacial score (nSPS) is 31.3. The fourth-order valence-electron chi connectivity index (χ4n) is 7.49. The lowest BCUT2D eigenvalue weighted by Crippen LogP contribution is -2.59. The first-order valence-electron chi connectivity index (χ1n) is 12.5. The van der Waals surface area contributed by atoms with Crippen LogP contribution in [0, 0.1) is 12.3 Å². The molecule has 1 aromatic heterocycles. The van der Waals surface area contributed by atoms with Crippen LogP contribution in [0.5, 0.6) is 0 Å². The highest BCUT2D eigenvalue weighted by Gasteiger charge is 2.62. The van der Waals surface area contributed by atoms with E-state index in [2.05, 4.69) is 64.7 Å². The first kappa shape index (κ1) is 20.9. The summed E-state index contributed by atoms with van der Waals surface area (Å²) < 4.78 is 2.11. The zero-order valence-electron chi connectivity index (χ0n) is 19.9. The predicted molar refractivity (Wildman–Crippen MR) is 131 cm³/mol. The minimum atomic E-state index is 0.187. The van der Waals surface area contributed by atoms with Crippen molar-refractivity contribution in [2.75, 3.05) is 7.05 Å². The summed E-state index contributed by atoms with van der Waals surface area (Å²) in [6, 6.07) is 20.5. The van der Waals surface area contributed by atoms with Gasteiger partial charge in [0.25, 0.3) is 0 Å². The molecule has 172 valence electrons. The maximum atomic E-state index is 14.1. The number of benzene rings is 2. The number of fused-ring (bicyclic) bond motifs is 2. The van der Waals surface area contributed by atoms with Gasteiger partial charge in [-0.3, -0.25) is 9.69 Å². The minimum Gasteiger partial charge on any atom is -0.333 e. The lowest BCUT2D eigenvalue weighted by Gasteiger charge is -2.51. The molecule has 3 aliphatic rings. The van der Waals surface area contributed by atoms with E-state index in [4.69, 9.17) is 4.98 Å². The maximum absolute atomic E-state index is 14.1. The number of aryl methyl sites for hydroxylation is 1.